The summed E-state index contributed by atoms with van der Waals surface area (Å²) < 4.78 is 23.8. The van der Waals surface area contributed by atoms with E-state index in [0.29, 0.717) is 17.1 Å². The van der Waals surface area contributed by atoms with Gasteiger partial charge in [-0.3, -0.25) is 9.59 Å². The minimum absolute atomic E-state index is 0.104. The van der Waals surface area contributed by atoms with E-state index in [4.69, 9.17) is 15.2 Å². The van der Waals surface area contributed by atoms with Crippen LogP contribution in [0.1, 0.15) is 15.9 Å². The molecule has 0 bridgehead atoms. The molecule has 0 unspecified atom stereocenters. The largest absolute Gasteiger partial charge is 0.493 e. The van der Waals surface area contributed by atoms with Crippen molar-refractivity contribution in [3.05, 3.63) is 59.4 Å². The van der Waals surface area contributed by atoms with Crippen molar-refractivity contribution in [3.8, 4) is 11.5 Å². The second-order valence-corrected chi connectivity index (χ2v) is 4.84. The van der Waals surface area contributed by atoms with Gasteiger partial charge in [0.1, 0.15) is 5.82 Å². The monoisotopic (exact) mass is 345 g/mol. The Morgan fingerprint density at radius 3 is 2.68 bits per heavy atom. The second kappa shape index (κ2) is 8.44. The third-order valence-corrected chi connectivity index (χ3v) is 3.06. The lowest BCUT2D eigenvalue weighted by Gasteiger charge is -2.09. The number of halogens is 1. The van der Waals surface area contributed by atoms with Crippen LogP contribution < -0.4 is 20.6 Å². The predicted octanol–water partition coefficient (Wildman–Crippen LogP) is 1.46. The minimum Gasteiger partial charge on any atom is -0.493 e. The van der Waals surface area contributed by atoms with Gasteiger partial charge in [0.05, 0.1) is 18.9 Å². The van der Waals surface area contributed by atoms with Crippen LogP contribution in [0.5, 0.6) is 11.5 Å². The Bertz CT molecular complexity index is 808. The number of methoxy groups -OCH3 is 1. The van der Waals surface area contributed by atoms with Gasteiger partial charge in [0.15, 0.2) is 18.1 Å². The predicted molar refractivity (Wildman–Crippen MR) is 89.1 cm³/mol. The smallest absolute Gasteiger partial charge is 0.274 e. The Balaban J connectivity index is 2.04. The third-order valence-electron chi connectivity index (χ3n) is 3.06. The average molecular weight is 345 g/mol. The number of ether oxygens (including phenoxy) is 2. The molecule has 130 valence electrons. The van der Waals surface area contributed by atoms with Gasteiger partial charge in [-0.1, -0.05) is 12.1 Å². The summed E-state index contributed by atoms with van der Waals surface area (Å²) in [6.07, 6.45) is 1.36. The highest BCUT2D eigenvalue weighted by molar-refractivity contribution is 5.95. The number of hydrogen-bond donors (Lipinski definition) is 2. The highest BCUT2D eigenvalue weighted by Crippen LogP contribution is 2.27. The molecule has 3 N–H and O–H groups in total. The highest BCUT2D eigenvalue weighted by atomic mass is 19.1. The number of carbonyl (C=O) groups is 2. The first-order valence-electron chi connectivity index (χ1n) is 7.18. The molecular weight excluding hydrogens is 329 g/mol. The lowest BCUT2D eigenvalue weighted by atomic mass is 10.2. The molecule has 2 rings (SSSR count). The van der Waals surface area contributed by atoms with Crippen molar-refractivity contribution < 1.29 is 23.5 Å². The number of benzene rings is 2. The standard InChI is InChI=1S/C17H16FN3O4/c1-24-15-8-11(6-7-14(15)25-10-16(19)22)9-20-21-17(23)12-4-2-3-5-13(12)18/h2-9H,10H2,1H3,(H2,19,22)(H,21,23)/b20-9+. The molecule has 0 radical (unpaired) electrons. The molecule has 7 nitrogen and oxygen atoms in total. The molecule has 0 saturated carbocycles. The van der Waals surface area contributed by atoms with Crippen molar-refractivity contribution in [3.63, 3.8) is 0 Å². The zero-order chi connectivity index (χ0) is 18.2. The van der Waals surface area contributed by atoms with Crippen LogP contribution in [0.3, 0.4) is 0 Å². The van der Waals surface area contributed by atoms with Gasteiger partial charge < -0.3 is 15.2 Å². The number of amides is 2. The van der Waals surface area contributed by atoms with Crippen LogP contribution in [0.2, 0.25) is 0 Å². The summed E-state index contributed by atoms with van der Waals surface area (Å²) in [7, 11) is 1.44. The number of nitrogens with one attached hydrogen (secondary N) is 1. The normalized spacial score (nSPS) is 10.5. The van der Waals surface area contributed by atoms with E-state index in [-0.39, 0.29) is 12.2 Å². The van der Waals surface area contributed by atoms with E-state index in [9.17, 15) is 14.0 Å². The molecule has 2 amide bonds. The maximum absolute atomic E-state index is 13.5. The van der Waals surface area contributed by atoms with E-state index in [1.165, 1.54) is 31.5 Å². The van der Waals surface area contributed by atoms with Crippen LogP contribution in [0, 0.1) is 5.82 Å². The Morgan fingerprint density at radius 2 is 2.00 bits per heavy atom. The maximum atomic E-state index is 13.5. The second-order valence-electron chi connectivity index (χ2n) is 4.84. The lowest BCUT2D eigenvalue weighted by Crippen LogP contribution is -2.20. The number of primary amides is 1. The number of nitrogens with two attached hydrogens (primary N) is 1. The van der Waals surface area contributed by atoms with Gasteiger partial charge in [0.25, 0.3) is 11.8 Å². The Kier molecular flexibility index (Phi) is 6.05. The Morgan fingerprint density at radius 1 is 1.24 bits per heavy atom. The molecule has 0 fully saturated rings. The Hall–Kier alpha value is -3.42. The first kappa shape index (κ1) is 17.9. The molecule has 2 aromatic carbocycles. The Labute approximate surface area is 143 Å². The summed E-state index contributed by atoms with van der Waals surface area (Å²) >= 11 is 0. The fraction of sp³-hybridized carbons (Fsp3) is 0.118. The van der Waals surface area contributed by atoms with Crippen LogP contribution in [0.4, 0.5) is 4.39 Å². The molecule has 0 aliphatic rings. The molecule has 0 aliphatic carbocycles. The van der Waals surface area contributed by atoms with Crippen molar-refractivity contribution in [1.82, 2.24) is 5.43 Å². The number of hydrazone groups is 1. The summed E-state index contributed by atoms with van der Waals surface area (Å²) in [5, 5.41) is 3.78. The number of nitrogens with zero attached hydrogens (tertiary/aromatic N) is 1. The van der Waals surface area contributed by atoms with Crippen molar-refractivity contribution in [2.45, 2.75) is 0 Å². The first-order valence-corrected chi connectivity index (χ1v) is 7.18. The van der Waals surface area contributed by atoms with E-state index < -0.39 is 17.6 Å². The average Bonchev–Trinajstić information content (AvgIpc) is 2.60. The first-order chi connectivity index (χ1) is 12.0. The topological polar surface area (TPSA) is 103 Å². The number of rotatable bonds is 7. The zero-order valence-electron chi connectivity index (χ0n) is 13.4. The number of carbonyl (C=O) groups excluding carboxylic acids is 2. The van der Waals surface area contributed by atoms with Crippen molar-refractivity contribution in [2.75, 3.05) is 13.7 Å². The fourth-order valence-corrected chi connectivity index (χ4v) is 1.90. The van der Waals surface area contributed by atoms with Crippen LogP contribution in [-0.4, -0.2) is 31.7 Å². The summed E-state index contributed by atoms with van der Waals surface area (Å²) in [5.41, 5.74) is 7.75. The molecular formula is C17H16FN3O4. The van der Waals surface area contributed by atoms with Crippen molar-refractivity contribution in [2.24, 2.45) is 10.8 Å². The fourth-order valence-electron chi connectivity index (χ4n) is 1.90. The van der Waals surface area contributed by atoms with E-state index in [0.717, 1.165) is 0 Å². The quantitative estimate of drug-likeness (QED) is 0.586. The SMILES string of the molecule is COc1cc(/C=N/NC(=O)c2ccccc2F)ccc1OCC(N)=O. The van der Waals surface area contributed by atoms with E-state index in [1.54, 1.807) is 24.3 Å². The highest BCUT2D eigenvalue weighted by Gasteiger charge is 2.09. The molecule has 0 saturated heterocycles. The van der Waals surface area contributed by atoms with Gasteiger partial charge in [-0.15, -0.1) is 0 Å². The van der Waals surface area contributed by atoms with Crippen LogP contribution in [-0.2, 0) is 4.79 Å². The summed E-state index contributed by atoms with van der Waals surface area (Å²) in [6, 6.07) is 10.4. The molecule has 0 atom stereocenters. The molecule has 25 heavy (non-hydrogen) atoms. The van der Waals surface area contributed by atoms with Crippen LogP contribution in [0.15, 0.2) is 47.6 Å². The molecule has 0 heterocycles. The maximum Gasteiger partial charge on any atom is 0.274 e. The van der Waals surface area contributed by atoms with Gasteiger partial charge in [-0.25, -0.2) is 9.82 Å². The summed E-state index contributed by atoms with van der Waals surface area (Å²) in [4.78, 5) is 22.6. The van der Waals surface area contributed by atoms with Gasteiger partial charge in [-0.05, 0) is 35.9 Å². The van der Waals surface area contributed by atoms with Crippen molar-refractivity contribution >= 4 is 18.0 Å². The van der Waals surface area contributed by atoms with Gasteiger partial charge in [0, 0.05) is 0 Å². The van der Waals surface area contributed by atoms with E-state index in [2.05, 4.69) is 10.5 Å². The lowest BCUT2D eigenvalue weighted by molar-refractivity contribution is -0.119. The molecule has 0 spiro atoms. The summed E-state index contributed by atoms with van der Waals surface area (Å²) in [6.45, 7) is -0.275. The summed E-state index contributed by atoms with van der Waals surface area (Å²) in [5.74, 6) is -1.20. The van der Waals surface area contributed by atoms with Crippen molar-refractivity contribution in [1.29, 1.82) is 0 Å². The zero-order valence-corrected chi connectivity index (χ0v) is 13.4. The van der Waals surface area contributed by atoms with Crippen LogP contribution in [0.25, 0.3) is 0 Å². The van der Waals surface area contributed by atoms with Crippen LogP contribution >= 0.6 is 0 Å². The minimum atomic E-state index is -0.664. The molecule has 0 aromatic heterocycles. The van der Waals surface area contributed by atoms with E-state index >= 15 is 0 Å². The van der Waals surface area contributed by atoms with Gasteiger partial charge in [-0.2, -0.15) is 5.10 Å². The molecule has 0 aliphatic heterocycles. The number of hydrogen-bond acceptors (Lipinski definition) is 5. The van der Waals surface area contributed by atoms with Gasteiger partial charge >= 0.3 is 0 Å². The van der Waals surface area contributed by atoms with Gasteiger partial charge in [0.2, 0.25) is 0 Å². The molecule has 2 aromatic rings. The molecule has 8 heteroatoms. The van der Waals surface area contributed by atoms with E-state index in [1.807, 2.05) is 0 Å². The third kappa shape index (κ3) is 5.03.